The molecule has 0 aliphatic carbocycles. The van der Waals surface area contributed by atoms with E-state index in [2.05, 4.69) is 11.9 Å². The van der Waals surface area contributed by atoms with Crippen molar-refractivity contribution in [2.45, 2.75) is 24.8 Å². The molecule has 0 bridgehead atoms. The van der Waals surface area contributed by atoms with E-state index in [1.165, 1.54) is 4.31 Å². The SMILES string of the molecule is Cc1ccc(CO)cc1S(=O)(=O)N(C)CC1CCN(C)C1. The van der Waals surface area contributed by atoms with Crippen molar-refractivity contribution >= 4 is 10.0 Å². The number of aliphatic hydroxyl groups excluding tert-OH is 1. The molecular weight excluding hydrogens is 288 g/mol. The molecule has 1 atom stereocenters. The summed E-state index contributed by atoms with van der Waals surface area (Å²) in [6, 6.07) is 5.07. The minimum absolute atomic E-state index is 0.153. The largest absolute Gasteiger partial charge is 0.392 e. The van der Waals surface area contributed by atoms with E-state index < -0.39 is 10.0 Å². The first-order valence-electron chi connectivity index (χ1n) is 7.20. The summed E-state index contributed by atoms with van der Waals surface area (Å²) in [4.78, 5) is 2.52. The average molecular weight is 312 g/mol. The molecule has 1 fully saturated rings. The smallest absolute Gasteiger partial charge is 0.243 e. The second-order valence-corrected chi connectivity index (χ2v) is 7.97. The van der Waals surface area contributed by atoms with Gasteiger partial charge < -0.3 is 10.0 Å². The quantitative estimate of drug-likeness (QED) is 0.883. The topological polar surface area (TPSA) is 60.9 Å². The Balaban J connectivity index is 2.20. The zero-order chi connectivity index (χ0) is 15.6. The monoisotopic (exact) mass is 312 g/mol. The van der Waals surface area contributed by atoms with Gasteiger partial charge in [-0.25, -0.2) is 12.7 Å². The Kier molecular flexibility index (Phi) is 5.03. The van der Waals surface area contributed by atoms with Gasteiger partial charge in [0.25, 0.3) is 0 Å². The summed E-state index contributed by atoms with van der Waals surface area (Å²) in [5.74, 6) is 0.385. The fourth-order valence-corrected chi connectivity index (χ4v) is 4.34. The highest BCUT2D eigenvalue weighted by atomic mass is 32.2. The number of aliphatic hydroxyl groups is 1. The maximum atomic E-state index is 12.7. The molecule has 1 aliphatic heterocycles. The van der Waals surface area contributed by atoms with Crippen molar-refractivity contribution in [3.63, 3.8) is 0 Å². The first-order chi connectivity index (χ1) is 9.84. The van der Waals surface area contributed by atoms with Crippen LogP contribution in [0.5, 0.6) is 0 Å². The van der Waals surface area contributed by atoms with Crippen molar-refractivity contribution in [2.24, 2.45) is 5.92 Å². The van der Waals surface area contributed by atoms with Gasteiger partial charge in [0.1, 0.15) is 0 Å². The molecule has 2 rings (SSSR count). The van der Waals surface area contributed by atoms with Crippen LogP contribution in [0.25, 0.3) is 0 Å². The van der Waals surface area contributed by atoms with E-state index in [1.54, 1.807) is 32.2 Å². The lowest BCUT2D eigenvalue weighted by molar-refractivity contribution is 0.281. The van der Waals surface area contributed by atoms with Gasteiger partial charge in [-0.05, 0) is 50.0 Å². The Morgan fingerprint density at radius 1 is 1.43 bits per heavy atom. The summed E-state index contributed by atoms with van der Waals surface area (Å²) < 4.78 is 26.9. The zero-order valence-electron chi connectivity index (χ0n) is 12.9. The standard InChI is InChI=1S/C15H24N2O3S/c1-12-4-5-13(11-18)8-15(12)21(19,20)17(3)10-14-6-7-16(2)9-14/h4-5,8,14,18H,6-7,9-11H2,1-3H3. The summed E-state index contributed by atoms with van der Waals surface area (Å²) in [5, 5.41) is 9.20. The van der Waals surface area contributed by atoms with Crippen LogP contribution >= 0.6 is 0 Å². The van der Waals surface area contributed by atoms with Crippen molar-refractivity contribution in [1.82, 2.24) is 9.21 Å². The third-order valence-electron chi connectivity index (χ3n) is 4.13. The fraction of sp³-hybridized carbons (Fsp3) is 0.600. The second kappa shape index (κ2) is 6.44. The lowest BCUT2D eigenvalue weighted by Crippen LogP contribution is -2.33. The van der Waals surface area contributed by atoms with Gasteiger partial charge in [0.05, 0.1) is 11.5 Å². The molecule has 1 aromatic rings. The summed E-state index contributed by atoms with van der Waals surface area (Å²) in [6.07, 6.45) is 1.03. The van der Waals surface area contributed by atoms with Gasteiger partial charge in [-0.1, -0.05) is 12.1 Å². The molecule has 1 saturated heterocycles. The van der Waals surface area contributed by atoms with Crippen LogP contribution in [0.1, 0.15) is 17.5 Å². The molecule has 0 aromatic heterocycles. The maximum absolute atomic E-state index is 12.7. The average Bonchev–Trinajstić information content (AvgIpc) is 2.84. The van der Waals surface area contributed by atoms with Crippen molar-refractivity contribution in [3.05, 3.63) is 29.3 Å². The summed E-state index contributed by atoms with van der Waals surface area (Å²) >= 11 is 0. The molecule has 1 unspecified atom stereocenters. The number of sulfonamides is 1. The molecular formula is C15H24N2O3S. The number of likely N-dealkylation sites (tertiary alicyclic amines) is 1. The van der Waals surface area contributed by atoms with Crippen molar-refractivity contribution in [3.8, 4) is 0 Å². The van der Waals surface area contributed by atoms with Gasteiger partial charge in [0.2, 0.25) is 10.0 Å². The number of benzene rings is 1. The van der Waals surface area contributed by atoms with E-state index in [4.69, 9.17) is 0 Å². The molecule has 5 nitrogen and oxygen atoms in total. The predicted octanol–water partition coefficient (Wildman–Crippen LogP) is 1.06. The van der Waals surface area contributed by atoms with Gasteiger partial charge in [-0.15, -0.1) is 0 Å². The number of rotatable bonds is 5. The summed E-state index contributed by atoms with van der Waals surface area (Å²) in [6.45, 7) is 4.13. The van der Waals surface area contributed by atoms with Gasteiger partial charge in [0.15, 0.2) is 0 Å². The van der Waals surface area contributed by atoms with Crippen LogP contribution in [-0.2, 0) is 16.6 Å². The van der Waals surface area contributed by atoms with Crippen molar-refractivity contribution < 1.29 is 13.5 Å². The highest BCUT2D eigenvalue weighted by molar-refractivity contribution is 7.89. The van der Waals surface area contributed by atoms with E-state index in [0.717, 1.165) is 19.5 Å². The Morgan fingerprint density at radius 3 is 2.71 bits per heavy atom. The van der Waals surface area contributed by atoms with Crippen LogP contribution in [0.2, 0.25) is 0 Å². The fourth-order valence-electron chi connectivity index (χ4n) is 2.83. The lowest BCUT2D eigenvalue weighted by atomic mass is 10.1. The van der Waals surface area contributed by atoms with Gasteiger partial charge in [0, 0.05) is 20.1 Å². The van der Waals surface area contributed by atoms with E-state index in [1.807, 2.05) is 0 Å². The molecule has 21 heavy (non-hydrogen) atoms. The highest BCUT2D eigenvalue weighted by Crippen LogP contribution is 2.23. The van der Waals surface area contributed by atoms with Crippen LogP contribution in [0.15, 0.2) is 23.1 Å². The Bertz CT molecular complexity index is 601. The predicted molar refractivity (Wildman–Crippen MR) is 82.5 cm³/mol. The molecule has 1 aliphatic rings. The van der Waals surface area contributed by atoms with Crippen molar-refractivity contribution in [1.29, 1.82) is 0 Å². The van der Waals surface area contributed by atoms with Gasteiger partial charge in [-0.2, -0.15) is 0 Å². The summed E-state index contributed by atoms with van der Waals surface area (Å²) in [7, 11) is 0.193. The number of hydrogen-bond donors (Lipinski definition) is 1. The molecule has 0 spiro atoms. The van der Waals surface area contributed by atoms with Gasteiger partial charge in [-0.3, -0.25) is 0 Å². The second-order valence-electron chi connectivity index (χ2n) is 5.96. The Hall–Kier alpha value is -0.950. The molecule has 1 heterocycles. The van der Waals surface area contributed by atoms with E-state index >= 15 is 0 Å². The maximum Gasteiger partial charge on any atom is 0.243 e. The van der Waals surface area contributed by atoms with Crippen LogP contribution < -0.4 is 0 Å². The number of nitrogens with zero attached hydrogens (tertiary/aromatic N) is 2. The van der Waals surface area contributed by atoms with E-state index in [9.17, 15) is 13.5 Å². The molecule has 0 radical (unpaired) electrons. The van der Waals surface area contributed by atoms with Gasteiger partial charge >= 0.3 is 0 Å². The molecule has 118 valence electrons. The number of hydrogen-bond acceptors (Lipinski definition) is 4. The van der Waals surface area contributed by atoms with Crippen LogP contribution in [0.3, 0.4) is 0 Å². The minimum Gasteiger partial charge on any atom is -0.392 e. The minimum atomic E-state index is -3.50. The number of aryl methyl sites for hydroxylation is 1. The third kappa shape index (κ3) is 3.63. The van der Waals surface area contributed by atoms with E-state index in [-0.39, 0.29) is 6.61 Å². The molecule has 0 saturated carbocycles. The van der Waals surface area contributed by atoms with E-state index in [0.29, 0.717) is 28.5 Å². The summed E-state index contributed by atoms with van der Waals surface area (Å²) in [5.41, 5.74) is 1.33. The Morgan fingerprint density at radius 2 is 2.14 bits per heavy atom. The van der Waals surface area contributed by atoms with Crippen LogP contribution in [-0.4, -0.2) is 56.5 Å². The van der Waals surface area contributed by atoms with Crippen LogP contribution in [0.4, 0.5) is 0 Å². The lowest BCUT2D eigenvalue weighted by Gasteiger charge is -2.22. The van der Waals surface area contributed by atoms with Crippen molar-refractivity contribution in [2.75, 3.05) is 33.7 Å². The molecule has 1 aromatic carbocycles. The highest BCUT2D eigenvalue weighted by Gasteiger charge is 2.28. The first-order valence-corrected chi connectivity index (χ1v) is 8.64. The Labute approximate surface area is 127 Å². The normalized spacial score (nSPS) is 20.3. The molecule has 0 amide bonds. The molecule has 1 N–H and O–H groups in total. The molecule has 6 heteroatoms. The third-order valence-corrected chi connectivity index (χ3v) is 6.09. The first kappa shape index (κ1) is 16.4. The zero-order valence-corrected chi connectivity index (χ0v) is 13.7. The van der Waals surface area contributed by atoms with Crippen LogP contribution in [0, 0.1) is 12.8 Å².